The molecule has 2 aliphatic rings. The van der Waals surface area contributed by atoms with Crippen LogP contribution in [0.1, 0.15) is 45.4 Å². The largest absolute Gasteiger partial charge is 0.492 e. The van der Waals surface area contributed by atoms with Gasteiger partial charge < -0.3 is 9.64 Å². The molecule has 0 radical (unpaired) electrons. The van der Waals surface area contributed by atoms with Gasteiger partial charge in [-0.15, -0.1) is 12.4 Å². The number of para-hydroxylation sites is 2. The highest BCUT2D eigenvalue weighted by molar-refractivity contribution is 5.97. The molecule has 1 aromatic carbocycles. The van der Waals surface area contributed by atoms with E-state index in [0.29, 0.717) is 26.0 Å². The molecule has 0 aliphatic carbocycles. The Morgan fingerprint density at radius 3 is 2.24 bits per heavy atom. The van der Waals surface area contributed by atoms with Gasteiger partial charge in [-0.3, -0.25) is 19.4 Å². The summed E-state index contributed by atoms with van der Waals surface area (Å²) in [5.41, 5.74) is 1.19. The number of halogens is 1. The molecule has 1 aromatic rings. The molecule has 0 aromatic heterocycles. The molecule has 162 valence electrons. The minimum atomic E-state index is 0. The lowest BCUT2D eigenvalue weighted by Gasteiger charge is -2.36. The fourth-order valence-corrected chi connectivity index (χ4v) is 4.04. The number of rotatable bonds is 9. The molecule has 0 spiro atoms. The second-order valence-electron chi connectivity index (χ2n) is 7.58. The standard InChI is InChI=1S/C22H33N3O3.ClH/c1-2-28-20-10-5-4-9-19(20)24-17-15-23(16-18-24)13-6-3-7-14-25-21(26)11-8-12-22(25)27;/h4-5,9-10H,2-3,6-8,11-18H2,1H3;1H. The van der Waals surface area contributed by atoms with Crippen molar-refractivity contribution in [3.63, 3.8) is 0 Å². The predicted molar refractivity (Wildman–Crippen MR) is 118 cm³/mol. The number of nitrogens with zero attached hydrogens (tertiary/aromatic N) is 3. The fourth-order valence-electron chi connectivity index (χ4n) is 4.04. The molecule has 2 fully saturated rings. The zero-order chi connectivity index (χ0) is 19.8. The second kappa shape index (κ2) is 12.0. The van der Waals surface area contributed by atoms with Crippen LogP contribution in [0.4, 0.5) is 5.69 Å². The number of carbonyl (C=O) groups is 2. The number of piperidine rings is 1. The summed E-state index contributed by atoms with van der Waals surface area (Å²) in [6, 6.07) is 8.28. The molecule has 2 amide bonds. The molecule has 2 heterocycles. The molecule has 6 nitrogen and oxygen atoms in total. The Labute approximate surface area is 180 Å². The van der Waals surface area contributed by atoms with Crippen LogP contribution in [0.2, 0.25) is 0 Å². The first-order chi connectivity index (χ1) is 13.7. The van der Waals surface area contributed by atoms with Gasteiger partial charge >= 0.3 is 0 Å². The average Bonchev–Trinajstić information content (AvgIpc) is 2.71. The van der Waals surface area contributed by atoms with E-state index in [2.05, 4.69) is 21.9 Å². The minimum absolute atomic E-state index is 0. The Morgan fingerprint density at radius 2 is 1.55 bits per heavy atom. The van der Waals surface area contributed by atoms with Gasteiger partial charge in [0.15, 0.2) is 0 Å². The molecule has 0 atom stereocenters. The maximum atomic E-state index is 11.8. The van der Waals surface area contributed by atoms with Crippen molar-refractivity contribution >= 4 is 29.9 Å². The van der Waals surface area contributed by atoms with E-state index in [4.69, 9.17) is 4.74 Å². The number of hydrogen-bond donors (Lipinski definition) is 0. The molecular weight excluding hydrogens is 390 g/mol. The lowest BCUT2D eigenvalue weighted by molar-refractivity contribution is -0.148. The molecule has 2 aliphatic heterocycles. The number of carbonyl (C=O) groups excluding carboxylic acids is 2. The Hall–Kier alpha value is -1.79. The van der Waals surface area contributed by atoms with Gasteiger partial charge in [-0.05, 0) is 44.9 Å². The van der Waals surface area contributed by atoms with Gasteiger partial charge in [-0.25, -0.2) is 0 Å². The van der Waals surface area contributed by atoms with Crippen molar-refractivity contribution in [2.75, 3.05) is 50.8 Å². The van der Waals surface area contributed by atoms with Crippen LogP contribution in [0.25, 0.3) is 0 Å². The first-order valence-electron chi connectivity index (χ1n) is 10.7. The first kappa shape index (κ1) is 23.5. The van der Waals surface area contributed by atoms with Gasteiger partial charge in [0.1, 0.15) is 5.75 Å². The number of amides is 2. The third kappa shape index (κ3) is 6.61. The first-order valence-corrected chi connectivity index (χ1v) is 10.7. The third-order valence-corrected chi connectivity index (χ3v) is 5.62. The van der Waals surface area contributed by atoms with Crippen molar-refractivity contribution in [2.24, 2.45) is 0 Å². The van der Waals surface area contributed by atoms with Crippen LogP contribution < -0.4 is 9.64 Å². The normalized spacial score (nSPS) is 18.0. The van der Waals surface area contributed by atoms with Crippen molar-refractivity contribution in [1.82, 2.24) is 9.80 Å². The van der Waals surface area contributed by atoms with E-state index in [1.165, 1.54) is 10.6 Å². The zero-order valence-corrected chi connectivity index (χ0v) is 18.3. The Bertz CT molecular complexity index is 646. The monoisotopic (exact) mass is 423 g/mol. The van der Waals surface area contributed by atoms with Gasteiger partial charge in [-0.2, -0.15) is 0 Å². The number of likely N-dealkylation sites (tertiary alicyclic amines) is 1. The SMILES string of the molecule is CCOc1ccccc1N1CCN(CCCCCN2C(=O)CCCC2=O)CC1.Cl. The van der Waals surface area contributed by atoms with E-state index in [0.717, 1.165) is 64.2 Å². The third-order valence-electron chi connectivity index (χ3n) is 5.62. The van der Waals surface area contributed by atoms with Crippen molar-refractivity contribution in [2.45, 2.75) is 45.4 Å². The van der Waals surface area contributed by atoms with Gasteiger partial charge in [-0.1, -0.05) is 18.6 Å². The zero-order valence-electron chi connectivity index (χ0n) is 17.5. The Kier molecular flexibility index (Phi) is 9.74. The number of piperazine rings is 1. The topological polar surface area (TPSA) is 53.1 Å². The summed E-state index contributed by atoms with van der Waals surface area (Å²) in [5.74, 6) is 1.000. The molecular formula is C22H34ClN3O3. The molecule has 7 heteroatoms. The number of anilines is 1. The van der Waals surface area contributed by atoms with Crippen LogP contribution in [0.15, 0.2) is 24.3 Å². The quantitative estimate of drug-likeness (QED) is 0.450. The number of ether oxygens (including phenoxy) is 1. The van der Waals surface area contributed by atoms with Crippen molar-refractivity contribution in [1.29, 1.82) is 0 Å². The summed E-state index contributed by atoms with van der Waals surface area (Å²) < 4.78 is 5.77. The maximum absolute atomic E-state index is 11.8. The van der Waals surface area contributed by atoms with Crippen molar-refractivity contribution in [3.8, 4) is 5.75 Å². The minimum Gasteiger partial charge on any atom is -0.492 e. The molecule has 29 heavy (non-hydrogen) atoms. The van der Waals surface area contributed by atoms with E-state index in [9.17, 15) is 9.59 Å². The number of benzene rings is 1. The van der Waals surface area contributed by atoms with Crippen LogP contribution in [0.5, 0.6) is 5.75 Å². The van der Waals surface area contributed by atoms with E-state index >= 15 is 0 Å². The van der Waals surface area contributed by atoms with Crippen molar-refractivity contribution in [3.05, 3.63) is 24.3 Å². The van der Waals surface area contributed by atoms with Crippen molar-refractivity contribution < 1.29 is 14.3 Å². The summed E-state index contributed by atoms with van der Waals surface area (Å²) in [7, 11) is 0. The fraction of sp³-hybridized carbons (Fsp3) is 0.636. The molecule has 0 saturated carbocycles. The van der Waals surface area contributed by atoms with Crippen LogP contribution >= 0.6 is 12.4 Å². The molecule has 0 N–H and O–H groups in total. The summed E-state index contributed by atoms with van der Waals surface area (Å²) in [4.78, 5) is 30.0. The number of unbranched alkanes of at least 4 members (excludes halogenated alkanes) is 2. The number of imide groups is 1. The molecule has 0 unspecified atom stereocenters. The maximum Gasteiger partial charge on any atom is 0.229 e. The van der Waals surface area contributed by atoms with E-state index in [-0.39, 0.29) is 24.2 Å². The summed E-state index contributed by atoms with van der Waals surface area (Å²) >= 11 is 0. The highest BCUT2D eigenvalue weighted by Crippen LogP contribution is 2.28. The Balaban J connectivity index is 0.00000300. The Morgan fingerprint density at radius 1 is 0.897 bits per heavy atom. The molecule has 3 rings (SSSR count). The highest BCUT2D eigenvalue weighted by Gasteiger charge is 2.25. The summed E-state index contributed by atoms with van der Waals surface area (Å²) in [5, 5.41) is 0. The highest BCUT2D eigenvalue weighted by atomic mass is 35.5. The van der Waals surface area contributed by atoms with Crippen LogP contribution in [-0.4, -0.2) is 67.5 Å². The van der Waals surface area contributed by atoms with Crippen LogP contribution in [0.3, 0.4) is 0 Å². The van der Waals surface area contributed by atoms with Gasteiger partial charge in [0, 0.05) is 45.6 Å². The van der Waals surface area contributed by atoms with Crippen LogP contribution in [0, 0.1) is 0 Å². The smallest absolute Gasteiger partial charge is 0.229 e. The second-order valence-corrected chi connectivity index (χ2v) is 7.58. The lowest BCUT2D eigenvalue weighted by Crippen LogP contribution is -2.46. The predicted octanol–water partition coefficient (Wildman–Crippen LogP) is 3.34. The van der Waals surface area contributed by atoms with E-state index in [1.54, 1.807) is 0 Å². The van der Waals surface area contributed by atoms with E-state index < -0.39 is 0 Å². The molecule has 2 saturated heterocycles. The summed E-state index contributed by atoms with van der Waals surface area (Å²) in [6.45, 7) is 8.54. The van der Waals surface area contributed by atoms with Gasteiger partial charge in [0.25, 0.3) is 0 Å². The molecule has 0 bridgehead atoms. The lowest BCUT2D eigenvalue weighted by atomic mass is 10.1. The number of hydrogen-bond acceptors (Lipinski definition) is 5. The van der Waals surface area contributed by atoms with Crippen LogP contribution in [-0.2, 0) is 9.59 Å². The van der Waals surface area contributed by atoms with Gasteiger partial charge in [0.2, 0.25) is 11.8 Å². The van der Waals surface area contributed by atoms with E-state index in [1.807, 2.05) is 19.1 Å². The average molecular weight is 424 g/mol. The van der Waals surface area contributed by atoms with Gasteiger partial charge in [0.05, 0.1) is 12.3 Å². The summed E-state index contributed by atoms with van der Waals surface area (Å²) in [6.07, 6.45) is 4.87.